The van der Waals surface area contributed by atoms with Crippen LogP contribution in [0.1, 0.15) is 10.4 Å². The molecule has 1 aliphatic rings. The van der Waals surface area contributed by atoms with Gasteiger partial charge in [-0.2, -0.15) is 4.99 Å². The molecule has 0 saturated heterocycles. The molecule has 0 unspecified atom stereocenters. The number of hydrogen-bond acceptors (Lipinski definition) is 3. The summed E-state index contributed by atoms with van der Waals surface area (Å²) in [6.45, 7) is 0.404. The van der Waals surface area contributed by atoms with Gasteiger partial charge < -0.3 is 4.74 Å². The van der Waals surface area contributed by atoms with Gasteiger partial charge in [0.2, 0.25) is 0 Å². The van der Waals surface area contributed by atoms with Gasteiger partial charge in [0.25, 0.3) is 0 Å². The molecule has 70 valence electrons. The van der Waals surface area contributed by atoms with Crippen molar-refractivity contribution >= 4 is 28.1 Å². The van der Waals surface area contributed by atoms with Crippen LogP contribution in [0.4, 0.5) is 0 Å². The summed E-state index contributed by atoms with van der Waals surface area (Å²) in [7, 11) is 0. The number of hydrogen-bond donors (Lipinski definition) is 0. The van der Waals surface area contributed by atoms with Crippen molar-refractivity contribution in [3.8, 4) is 5.75 Å². The maximum atomic E-state index is 10.6. The van der Waals surface area contributed by atoms with Crippen LogP contribution in [0, 0.1) is 0 Å². The summed E-state index contributed by atoms with van der Waals surface area (Å²) in [4.78, 5) is 14.4. The molecule has 0 N–H and O–H groups in total. The number of ether oxygens (including phenoxy) is 1. The van der Waals surface area contributed by atoms with E-state index in [9.17, 15) is 4.79 Å². The summed E-state index contributed by atoms with van der Waals surface area (Å²) >= 11 is 3.30. The number of nitrogens with zero attached hydrogens (tertiary/aromatic N) is 1. The van der Waals surface area contributed by atoms with Crippen molar-refractivity contribution in [3.05, 3.63) is 33.9 Å². The highest BCUT2D eigenvalue weighted by atomic mass is 79.9. The summed E-state index contributed by atoms with van der Waals surface area (Å²) in [5.74, 6) is 3.33. The first-order chi connectivity index (χ1) is 6.81. The van der Waals surface area contributed by atoms with Gasteiger partial charge in [-0.15, -0.1) is 0 Å². The molecular formula is C10H6BrNO2. The number of rotatable bonds is 4. The molecule has 0 amide bonds. The van der Waals surface area contributed by atoms with Gasteiger partial charge in [-0.05, 0) is 22.0 Å². The van der Waals surface area contributed by atoms with Crippen molar-refractivity contribution in [2.45, 2.75) is 0 Å². The van der Waals surface area contributed by atoms with Gasteiger partial charge in [0.15, 0.2) is 6.29 Å². The quantitative estimate of drug-likeness (QED) is 0.770. The van der Waals surface area contributed by atoms with E-state index in [-0.39, 0.29) is 0 Å². The van der Waals surface area contributed by atoms with Crippen LogP contribution < -0.4 is 4.74 Å². The maximum Gasteiger partial charge on any atom is 0.151 e. The highest BCUT2D eigenvalue weighted by molar-refractivity contribution is 9.10. The molecule has 1 aromatic rings. The molecule has 1 aliphatic heterocycles. The summed E-state index contributed by atoms with van der Waals surface area (Å²) in [5, 5.41) is 0. The summed E-state index contributed by atoms with van der Waals surface area (Å²) in [5.41, 5.74) is 1.39. The highest BCUT2D eigenvalue weighted by Crippen LogP contribution is 2.28. The number of aliphatic imine (C=N–C) groups is 1. The second-order valence-corrected chi connectivity index (χ2v) is 3.53. The molecule has 0 bridgehead atoms. The zero-order valence-corrected chi connectivity index (χ0v) is 8.74. The molecule has 1 aromatic carbocycles. The van der Waals surface area contributed by atoms with Crippen LogP contribution in [-0.2, 0) is 0 Å². The van der Waals surface area contributed by atoms with Crippen LogP contribution in [0.5, 0.6) is 5.75 Å². The van der Waals surface area contributed by atoms with E-state index in [0.717, 1.165) is 12.0 Å². The molecule has 2 rings (SSSR count). The van der Waals surface area contributed by atoms with Crippen LogP contribution >= 0.6 is 15.9 Å². The molecule has 1 heterocycles. The van der Waals surface area contributed by atoms with E-state index in [2.05, 4.69) is 26.8 Å². The lowest BCUT2D eigenvalue weighted by Crippen LogP contribution is -1.97. The zero-order valence-electron chi connectivity index (χ0n) is 7.16. The van der Waals surface area contributed by atoms with Gasteiger partial charge in [-0.1, -0.05) is 12.1 Å². The van der Waals surface area contributed by atoms with Crippen molar-refractivity contribution in [2.75, 3.05) is 6.61 Å². The Hall–Kier alpha value is -1.38. The molecule has 0 fully saturated rings. The van der Waals surface area contributed by atoms with E-state index >= 15 is 0 Å². The Morgan fingerprint density at radius 2 is 2.36 bits per heavy atom. The van der Waals surface area contributed by atoms with Crippen molar-refractivity contribution < 1.29 is 9.53 Å². The Bertz CT molecular complexity index is 447. The largest absolute Gasteiger partial charge is 0.485 e. The molecule has 0 aromatic heterocycles. The normalized spacial score (nSPS) is 12.2. The van der Waals surface area contributed by atoms with Crippen molar-refractivity contribution in [1.29, 1.82) is 0 Å². The fraction of sp³-hybridized carbons (Fsp3) is 0.100. The number of benzene rings is 1. The van der Waals surface area contributed by atoms with Crippen LogP contribution in [0.15, 0.2) is 33.4 Å². The fourth-order valence-corrected chi connectivity index (χ4v) is 1.45. The van der Waals surface area contributed by atoms with Gasteiger partial charge in [0.05, 0.1) is 4.47 Å². The van der Waals surface area contributed by atoms with Crippen molar-refractivity contribution in [2.24, 2.45) is 4.99 Å². The van der Waals surface area contributed by atoms with E-state index in [4.69, 9.17) is 4.74 Å². The first-order valence-corrected chi connectivity index (χ1v) is 4.79. The summed E-state index contributed by atoms with van der Waals surface area (Å²) in [6.07, 6.45) is 0.782. The van der Waals surface area contributed by atoms with Gasteiger partial charge in [0, 0.05) is 11.4 Å². The average molecular weight is 252 g/mol. The predicted octanol–water partition coefficient (Wildman–Crippen LogP) is 2.21. The number of carbonyl (C=O) groups excluding carboxylic acids is 1. The van der Waals surface area contributed by atoms with Crippen LogP contribution in [0.2, 0.25) is 0 Å². The standard InChI is InChI=1S/C10H6BrNO2/c11-10-7(5-13)2-1-3-9(10)14-6-8-4-12-8/h1-3,5H,6H2. The van der Waals surface area contributed by atoms with Gasteiger partial charge in [-0.3, -0.25) is 4.79 Å². The second kappa shape index (κ2) is 3.78. The van der Waals surface area contributed by atoms with Crippen molar-refractivity contribution in [1.82, 2.24) is 0 Å². The molecule has 0 spiro atoms. The molecule has 0 atom stereocenters. The third kappa shape index (κ3) is 1.92. The Morgan fingerprint density at radius 3 is 3.00 bits per heavy atom. The molecule has 0 saturated carbocycles. The van der Waals surface area contributed by atoms with E-state index in [1.165, 1.54) is 0 Å². The van der Waals surface area contributed by atoms with E-state index in [1.807, 2.05) is 0 Å². The van der Waals surface area contributed by atoms with Crippen LogP contribution in [0.3, 0.4) is 0 Å². The molecule has 3 nitrogen and oxygen atoms in total. The zero-order chi connectivity index (χ0) is 9.97. The maximum absolute atomic E-state index is 10.6. The number of aldehydes is 1. The van der Waals surface area contributed by atoms with E-state index in [1.54, 1.807) is 18.2 Å². The monoisotopic (exact) mass is 251 g/mol. The topological polar surface area (TPSA) is 38.7 Å². The SMILES string of the molecule is O=Cc1cccc(OCC2=C=N2)c1Br. The van der Waals surface area contributed by atoms with Gasteiger partial charge in [0.1, 0.15) is 18.1 Å². The first kappa shape index (κ1) is 9.19. The Labute approximate surface area is 89.2 Å². The third-order valence-corrected chi connectivity index (χ3v) is 2.60. The predicted molar refractivity (Wildman–Crippen MR) is 56.0 cm³/mol. The lowest BCUT2D eigenvalue weighted by molar-refractivity contribution is 0.112. The lowest BCUT2D eigenvalue weighted by atomic mass is 10.2. The second-order valence-electron chi connectivity index (χ2n) is 2.74. The van der Waals surface area contributed by atoms with Gasteiger partial charge >= 0.3 is 0 Å². The Balaban J connectivity index is 2.14. The van der Waals surface area contributed by atoms with Crippen molar-refractivity contribution in [3.63, 3.8) is 0 Å². The number of halogens is 1. The Morgan fingerprint density at radius 1 is 1.57 bits per heavy atom. The molecular weight excluding hydrogens is 246 g/mol. The summed E-state index contributed by atoms with van der Waals surface area (Å²) < 4.78 is 6.08. The number of carbonyl (C=O) groups is 1. The van der Waals surface area contributed by atoms with Crippen LogP contribution in [0.25, 0.3) is 0 Å². The molecule has 14 heavy (non-hydrogen) atoms. The first-order valence-electron chi connectivity index (χ1n) is 4.00. The molecule has 0 aliphatic carbocycles. The molecule has 0 radical (unpaired) electrons. The minimum absolute atomic E-state index is 0.404. The average Bonchev–Trinajstić information content (AvgIpc) is 3.00. The minimum Gasteiger partial charge on any atom is -0.485 e. The highest BCUT2D eigenvalue weighted by Gasteiger charge is 2.08. The Kier molecular flexibility index (Phi) is 2.48. The van der Waals surface area contributed by atoms with Gasteiger partial charge in [-0.25, -0.2) is 0 Å². The van der Waals surface area contributed by atoms with E-state index < -0.39 is 0 Å². The van der Waals surface area contributed by atoms with Crippen LogP contribution in [-0.4, -0.2) is 18.8 Å². The third-order valence-electron chi connectivity index (χ3n) is 1.75. The fourth-order valence-electron chi connectivity index (χ4n) is 0.980. The molecule has 4 heteroatoms. The minimum atomic E-state index is 0.404. The lowest BCUT2D eigenvalue weighted by Gasteiger charge is -2.06. The summed E-state index contributed by atoms with van der Waals surface area (Å²) in [6, 6.07) is 5.28. The van der Waals surface area contributed by atoms with E-state index in [0.29, 0.717) is 22.4 Å². The smallest absolute Gasteiger partial charge is 0.151 e.